The Kier molecular flexibility index (Phi) is 7.32. The highest BCUT2D eigenvalue weighted by molar-refractivity contribution is 9.10. The van der Waals surface area contributed by atoms with Gasteiger partial charge in [-0.05, 0) is 42.0 Å². The fourth-order valence-electron chi connectivity index (χ4n) is 2.23. The van der Waals surface area contributed by atoms with Gasteiger partial charge in [0.1, 0.15) is 11.5 Å². The third kappa shape index (κ3) is 6.37. The van der Waals surface area contributed by atoms with Gasteiger partial charge in [-0.2, -0.15) is 5.10 Å². The lowest BCUT2D eigenvalue weighted by atomic mass is 10.2. The second-order valence-corrected chi connectivity index (χ2v) is 8.44. The molecular weight excluding hydrogens is 492 g/mol. The molecule has 0 saturated carbocycles. The first-order valence-corrected chi connectivity index (χ1v) is 10.8. The monoisotopic (exact) mass is 506 g/mol. The normalized spacial score (nSPS) is 11.0. The lowest BCUT2D eigenvalue weighted by Gasteiger charge is -2.01. The number of benzene rings is 2. The Balaban J connectivity index is 1.44. The average Bonchev–Trinajstić information content (AvgIpc) is 3.13. The molecule has 1 heterocycles. The summed E-state index contributed by atoms with van der Waals surface area (Å²) in [5.41, 5.74) is 4.67. The van der Waals surface area contributed by atoms with Crippen molar-refractivity contribution in [1.29, 1.82) is 0 Å². The molecule has 4 nitrogen and oxygen atoms in total. The summed E-state index contributed by atoms with van der Waals surface area (Å²) in [7, 11) is 0. The maximum absolute atomic E-state index is 11.8. The Morgan fingerprint density at radius 2 is 1.67 bits per heavy atom. The lowest BCUT2D eigenvalue weighted by Crippen LogP contribution is -2.19. The van der Waals surface area contributed by atoms with Gasteiger partial charge >= 0.3 is 0 Å². The van der Waals surface area contributed by atoms with E-state index in [0.29, 0.717) is 11.5 Å². The van der Waals surface area contributed by atoms with Crippen molar-refractivity contribution in [1.82, 2.24) is 5.43 Å². The zero-order chi connectivity index (χ0) is 19.1. The van der Waals surface area contributed by atoms with E-state index in [9.17, 15) is 4.79 Å². The highest BCUT2D eigenvalue weighted by Crippen LogP contribution is 2.23. The molecule has 7 heteroatoms. The van der Waals surface area contributed by atoms with Crippen molar-refractivity contribution in [2.75, 3.05) is 5.75 Å². The van der Waals surface area contributed by atoms with Gasteiger partial charge in [-0.25, -0.2) is 5.43 Å². The van der Waals surface area contributed by atoms with Crippen molar-refractivity contribution in [2.45, 2.75) is 5.75 Å². The fraction of sp³-hybridized carbons (Fsp3) is 0.100. The zero-order valence-corrected chi connectivity index (χ0v) is 18.2. The molecule has 138 valence electrons. The Morgan fingerprint density at radius 3 is 2.37 bits per heavy atom. The highest BCUT2D eigenvalue weighted by atomic mass is 79.9. The van der Waals surface area contributed by atoms with Crippen LogP contribution in [-0.4, -0.2) is 17.9 Å². The Labute approximate surface area is 178 Å². The molecule has 1 amide bonds. The van der Waals surface area contributed by atoms with Crippen LogP contribution in [0.3, 0.4) is 0 Å². The van der Waals surface area contributed by atoms with E-state index in [1.807, 2.05) is 60.7 Å². The van der Waals surface area contributed by atoms with Crippen LogP contribution in [0.15, 0.2) is 79.1 Å². The van der Waals surface area contributed by atoms with Crippen LogP contribution >= 0.6 is 43.6 Å². The predicted octanol–water partition coefficient (Wildman–Crippen LogP) is 5.86. The van der Waals surface area contributed by atoms with Crippen LogP contribution in [0.25, 0.3) is 11.3 Å². The lowest BCUT2D eigenvalue weighted by molar-refractivity contribution is -0.118. The topological polar surface area (TPSA) is 54.6 Å². The van der Waals surface area contributed by atoms with Crippen molar-refractivity contribution in [3.8, 4) is 11.3 Å². The molecule has 0 aliphatic carbocycles. The number of hydrazone groups is 1. The second-order valence-electron chi connectivity index (χ2n) is 5.62. The number of hydrogen-bond acceptors (Lipinski definition) is 4. The van der Waals surface area contributed by atoms with Crippen molar-refractivity contribution < 1.29 is 9.21 Å². The molecule has 0 aliphatic heterocycles. The molecule has 3 aromatic rings. The van der Waals surface area contributed by atoms with Gasteiger partial charge in [0.2, 0.25) is 5.91 Å². The SMILES string of the molecule is O=C(CSCc1ccc(Br)cc1)N/N=C\c1ccc(-c2ccc(Br)cc2)o1. The van der Waals surface area contributed by atoms with E-state index in [2.05, 4.69) is 42.4 Å². The summed E-state index contributed by atoms with van der Waals surface area (Å²) in [6, 6.07) is 19.6. The van der Waals surface area contributed by atoms with Crippen LogP contribution in [0.2, 0.25) is 0 Å². The summed E-state index contributed by atoms with van der Waals surface area (Å²) >= 11 is 8.36. The molecular formula is C20H16Br2N2O2S. The zero-order valence-electron chi connectivity index (χ0n) is 14.2. The first-order valence-electron chi connectivity index (χ1n) is 8.10. The number of thioether (sulfide) groups is 1. The molecule has 0 bridgehead atoms. The number of carbonyl (C=O) groups is 1. The van der Waals surface area contributed by atoms with E-state index in [0.717, 1.165) is 26.0 Å². The van der Waals surface area contributed by atoms with Crippen LogP contribution in [0.4, 0.5) is 0 Å². The summed E-state index contributed by atoms with van der Waals surface area (Å²) in [4.78, 5) is 11.8. The van der Waals surface area contributed by atoms with Crippen LogP contribution in [0.5, 0.6) is 0 Å². The standard InChI is InChI=1S/C20H16Br2N2O2S/c21-16-5-1-14(2-6-16)12-27-13-20(25)24-23-11-18-9-10-19(26-18)15-3-7-17(22)8-4-15/h1-11H,12-13H2,(H,24,25)/b23-11-. The van der Waals surface area contributed by atoms with E-state index in [1.54, 1.807) is 11.8 Å². The van der Waals surface area contributed by atoms with Gasteiger partial charge in [-0.15, -0.1) is 11.8 Å². The summed E-state index contributed by atoms with van der Waals surface area (Å²) < 4.78 is 7.78. The van der Waals surface area contributed by atoms with Gasteiger partial charge in [-0.1, -0.05) is 56.1 Å². The number of hydrogen-bond donors (Lipinski definition) is 1. The van der Waals surface area contributed by atoms with E-state index in [-0.39, 0.29) is 5.91 Å². The maximum Gasteiger partial charge on any atom is 0.250 e. The van der Waals surface area contributed by atoms with Crippen molar-refractivity contribution in [3.05, 3.63) is 80.9 Å². The number of nitrogens with one attached hydrogen (secondary N) is 1. The van der Waals surface area contributed by atoms with E-state index < -0.39 is 0 Å². The summed E-state index contributed by atoms with van der Waals surface area (Å²) in [5.74, 6) is 2.30. The molecule has 0 spiro atoms. The summed E-state index contributed by atoms with van der Waals surface area (Å²) in [6.45, 7) is 0. The van der Waals surface area contributed by atoms with Crippen LogP contribution in [0.1, 0.15) is 11.3 Å². The molecule has 0 atom stereocenters. The third-order valence-electron chi connectivity index (χ3n) is 3.55. The number of nitrogens with zero attached hydrogens (tertiary/aromatic N) is 1. The molecule has 0 unspecified atom stereocenters. The molecule has 1 N–H and O–H groups in total. The van der Waals surface area contributed by atoms with Gasteiger partial charge < -0.3 is 4.42 Å². The molecule has 0 aliphatic rings. The number of amides is 1. The quantitative estimate of drug-likeness (QED) is 0.322. The fourth-order valence-corrected chi connectivity index (χ4v) is 3.54. The molecule has 0 radical (unpaired) electrons. The van der Waals surface area contributed by atoms with Crippen molar-refractivity contribution in [3.63, 3.8) is 0 Å². The minimum Gasteiger partial charge on any atom is -0.455 e. The molecule has 0 fully saturated rings. The molecule has 3 rings (SSSR count). The minimum absolute atomic E-state index is 0.145. The maximum atomic E-state index is 11.8. The molecule has 0 saturated heterocycles. The molecule has 1 aromatic heterocycles. The minimum atomic E-state index is -0.145. The second kappa shape index (κ2) is 9.92. The van der Waals surface area contributed by atoms with Crippen molar-refractivity contribution in [2.24, 2.45) is 5.10 Å². The molecule has 2 aromatic carbocycles. The van der Waals surface area contributed by atoms with E-state index in [4.69, 9.17) is 4.42 Å². The van der Waals surface area contributed by atoms with Crippen LogP contribution < -0.4 is 5.43 Å². The van der Waals surface area contributed by atoms with Crippen LogP contribution in [0, 0.1) is 0 Å². The summed E-state index contributed by atoms with van der Waals surface area (Å²) in [6.07, 6.45) is 1.50. The Bertz CT molecular complexity index is 922. The number of furan rings is 1. The van der Waals surface area contributed by atoms with Crippen LogP contribution in [-0.2, 0) is 10.5 Å². The van der Waals surface area contributed by atoms with E-state index in [1.165, 1.54) is 11.8 Å². The highest BCUT2D eigenvalue weighted by Gasteiger charge is 2.04. The number of halogens is 2. The van der Waals surface area contributed by atoms with Crippen molar-refractivity contribution >= 4 is 55.7 Å². The summed E-state index contributed by atoms with van der Waals surface area (Å²) in [5, 5.41) is 3.95. The Hall–Kier alpha value is -1.83. The largest absolute Gasteiger partial charge is 0.455 e. The van der Waals surface area contributed by atoms with E-state index >= 15 is 0 Å². The van der Waals surface area contributed by atoms with Gasteiger partial charge in [0, 0.05) is 20.3 Å². The first kappa shape index (κ1) is 19.9. The predicted molar refractivity (Wildman–Crippen MR) is 118 cm³/mol. The number of rotatable bonds is 7. The average molecular weight is 508 g/mol. The first-order chi connectivity index (χ1) is 13.1. The smallest absolute Gasteiger partial charge is 0.250 e. The molecule has 27 heavy (non-hydrogen) atoms. The third-order valence-corrected chi connectivity index (χ3v) is 5.61. The Morgan fingerprint density at radius 1 is 1.00 bits per heavy atom. The van der Waals surface area contributed by atoms with Gasteiger partial charge in [0.25, 0.3) is 0 Å². The number of carbonyl (C=O) groups excluding carboxylic acids is 1. The van der Waals surface area contributed by atoms with Gasteiger partial charge in [0.15, 0.2) is 0 Å². The van der Waals surface area contributed by atoms with Gasteiger partial charge in [0.05, 0.1) is 12.0 Å². The van der Waals surface area contributed by atoms with Gasteiger partial charge in [-0.3, -0.25) is 4.79 Å².